The predicted molar refractivity (Wildman–Crippen MR) is 95.3 cm³/mol. The maximum absolute atomic E-state index is 11.1. The van der Waals surface area contributed by atoms with Crippen LogP contribution < -0.4 is 5.73 Å². The molecule has 0 aromatic rings. The first-order chi connectivity index (χ1) is 9.79. The number of nitrogens with two attached hydrogens (primary N) is 1. The van der Waals surface area contributed by atoms with Crippen LogP contribution in [0.2, 0.25) is 18.1 Å². The second kappa shape index (κ2) is 5.17. The zero-order valence-corrected chi connectivity index (χ0v) is 16.5. The van der Waals surface area contributed by atoms with E-state index in [1.165, 1.54) is 0 Å². The van der Waals surface area contributed by atoms with Crippen LogP contribution in [0, 0.1) is 10.8 Å². The maximum atomic E-state index is 11.1. The maximum Gasteiger partial charge on any atom is 0.192 e. The fourth-order valence-corrected chi connectivity index (χ4v) is 5.20. The summed E-state index contributed by atoms with van der Waals surface area (Å²) in [5.41, 5.74) is 4.79. The van der Waals surface area contributed by atoms with Crippen molar-refractivity contribution in [2.75, 3.05) is 6.54 Å². The minimum absolute atomic E-state index is 0.125. The summed E-state index contributed by atoms with van der Waals surface area (Å²) >= 11 is 0. The van der Waals surface area contributed by atoms with Gasteiger partial charge in [0.15, 0.2) is 8.32 Å². The highest BCUT2D eigenvalue weighted by molar-refractivity contribution is 6.74. The van der Waals surface area contributed by atoms with E-state index in [9.17, 15) is 5.11 Å². The normalized spacial score (nSPS) is 42.5. The lowest BCUT2D eigenvalue weighted by atomic mass is 9.62. The standard InChI is InChI=1S/C18H35NO2Si/c1-15(2,3)22(6,7)21-14-8-9-17(5)11-10-16(14,4)12-18(17,20)13-19/h10-11,14,20H,8-9,12-13,19H2,1-7H3/t14-,16-,17+,18?/m0/s1. The van der Waals surface area contributed by atoms with Gasteiger partial charge in [0.2, 0.25) is 0 Å². The van der Waals surface area contributed by atoms with Gasteiger partial charge in [-0.25, -0.2) is 0 Å². The fourth-order valence-electron chi connectivity index (χ4n) is 3.75. The average Bonchev–Trinajstić information content (AvgIpc) is 2.53. The van der Waals surface area contributed by atoms with Gasteiger partial charge in [-0.15, -0.1) is 0 Å². The van der Waals surface area contributed by atoms with Crippen LogP contribution in [0.25, 0.3) is 0 Å². The van der Waals surface area contributed by atoms with Crippen molar-refractivity contribution in [3.63, 3.8) is 0 Å². The molecule has 4 atom stereocenters. The molecule has 0 spiro atoms. The average molecular weight is 326 g/mol. The summed E-state index contributed by atoms with van der Waals surface area (Å²) in [7, 11) is -1.83. The van der Waals surface area contributed by atoms with Crippen LogP contribution >= 0.6 is 0 Å². The summed E-state index contributed by atoms with van der Waals surface area (Å²) in [5.74, 6) is 0. The van der Waals surface area contributed by atoms with E-state index in [1.807, 2.05) is 0 Å². The number of aliphatic hydroxyl groups is 1. The van der Waals surface area contributed by atoms with E-state index in [-0.39, 0.29) is 22.0 Å². The van der Waals surface area contributed by atoms with Crippen molar-refractivity contribution in [1.29, 1.82) is 0 Å². The van der Waals surface area contributed by atoms with Crippen molar-refractivity contribution in [2.24, 2.45) is 16.6 Å². The lowest BCUT2D eigenvalue weighted by Gasteiger charge is -2.50. The summed E-state index contributed by atoms with van der Waals surface area (Å²) in [4.78, 5) is 0. The molecule has 3 nitrogen and oxygen atoms in total. The quantitative estimate of drug-likeness (QED) is 0.612. The molecular formula is C18H35NO2Si. The van der Waals surface area contributed by atoms with E-state index >= 15 is 0 Å². The second-order valence-corrected chi connectivity index (χ2v) is 14.3. The Hall–Kier alpha value is -0.163. The van der Waals surface area contributed by atoms with E-state index in [0.717, 1.165) is 12.8 Å². The summed E-state index contributed by atoms with van der Waals surface area (Å²) in [6.45, 7) is 16.2. The summed E-state index contributed by atoms with van der Waals surface area (Å²) < 4.78 is 6.77. The minimum Gasteiger partial charge on any atom is -0.413 e. The van der Waals surface area contributed by atoms with Crippen LogP contribution in [0.15, 0.2) is 12.2 Å². The SMILES string of the molecule is CC(C)(C)[Si](C)(C)O[C@H]1CC[C@]2(C)C=C[C@@]1(C)CC2(O)CN. The molecule has 0 aromatic heterocycles. The summed E-state index contributed by atoms with van der Waals surface area (Å²) in [6.07, 6.45) is 7.30. The molecule has 1 fully saturated rings. The topological polar surface area (TPSA) is 55.5 Å². The van der Waals surface area contributed by atoms with Crippen LogP contribution in [0.3, 0.4) is 0 Å². The number of hydrogen-bond acceptors (Lipinski definition) is 3. The summed E-state index contributed by atoms with van der Waals surface area (Å²) in [6, 6.07) is 0. The van der Waals surface area contributed by atoms with Gasteiger partial charge in [0.25, 0.3) is 0 Å². The molecule has 0 heterocycles. The molecular weight excluding hydrogens is 290 g/mol. The number of fused-ring (bicyclic) bond motifs is 3. The Morgan fingerprint density at radius 3 is 2.36 bits per heavy atom. The van der Waals surface area contributed by atoms with E-state index in [2.05, 4.69) is 59.9 Å². The highest BCUT2D eigenvalue weighted by atomic mass is 28.4. The molecule has 1 unspecified atom stereocenters. The van der Waals surface area contributed by atoms with Crippen LogP contribution in [0.4, 0.5) is 0 Å². The van der Waals surface area contributed by atoms with Gasteiger partial charge < -0.3 is 15.3 Å². The third-order valence-electron chi connectivity index (χ3n) is 6.81. The molecule has 4 heteroatoms. The van der Waals surface area contributed by atoms with E-state index in [1.54, 1.807) is 0 Å². The smallest absolute Gasteiger partial charge is 0.192 e. The Labute approximate surface area is 137 Å². The molecule has 0 radical (unpaired) electrons. The Bertz CT molecular complexity index is 470. The van der Waals surface area contributed by atoms with Crippen LogP contribution in [0.1, 0.15) is 53.9 Å². The highest BCUT2D eigenvalue weighted by Crippen LogP contribution is 2.56. The van der Waals surface area contributed by atoms with Gasteiger partial charge in [0, 0.05) is 17.4 Å². The first kappa shape index (κ1) is 18.2. The van der Waals surface area contributed by atoms with Crippen molar-refractivity contribution in [3.05, 3.63) is 12.2 Å². The van der Waals surface area contributed by atoms with Crippen molar-refractivity contribution in [3.8, 4) is 0 Å². The van der Waals surface area contributed by atoms with Crippen LogP contribution in [0.5, 0.6) is 0 Å². The number of rotatable bonds is 3. The molecule has 0 aliphatic heterocycles. The van der Waals surface area contributed by atoms with Gasteiger partial charge in [-0.1, -0.05) is 46.8 Å². The van der Waals surface area contributed by atoms with Gasteiger partial charge in [-0.05, 0) is 37.4 Å². The molecule has 0 amide bonds. The molecule has 3 aliphatic rings. The predicted octanol–water partition coefficient (Wildman–Crippen LogP) is 3.83. The third kappa shape index (κ3) is 2.72. The third-order valence-corrected chi connectivity index (χ3v) is 11.3. The molecule has 2 bridgehead atoms. The molecule has 128 valence electrons. The lowest BCUT2D eigenvalue weighted by molar-refractivity contribution is -0.0777. The lowest BCUT2D eigenvalue weighted by Crippen LogP contribution is -2.56. The monoisotopic (exact) mass is 325 g/mol. The fraction of sp³-hybridized carbons (Fsp3) is 0.889. The summed E-state index contributed by atoms with van der Waals surface area (Å²) in [5, 5.41) is 11.3. The Morgan fingerprint density at radius 2 is 1.86 bits per heavy atom. The van der Waals surface area contributed by atoms with Gasteiger partial charge in [-0.2, -0.15) is 0 Å². The van der Waals surface area contributed by atoms with Crippen molar-refractivity contribution >= 4 is 8.32 Å². The van der Waals surface area contributed by atoms with Crippen LogP contribution in [-0.2, 0) is 4.43 Å². The molecule has 3 aliphatic carbocycles. The Morgan fingerprint density at radius 1 is 1.27 bits per heavy atom. The van der Waals surface area contributed by atoms with Gasteiger partial charge in [0.1, 0.15) is 0 Å². The molecule has 22 heavy (non-hydrogen) atoms. The number of hydrogen-bond donors (Lipinski definition) is 2. The Balaban J connectivity index is 2.33. The van der Waals surface area contributed by atoms with Gasteiger partial charge in [-0.3, -0.25) is 0 Å². The molecule has 3 N–H and O–H groups in total. The van der Waals surface area contributed by atoms with Crippen molar-refractivity contribution in [2.45, 2.75) is 83.7 Å². The molecule has 0 aromatic carbocycles. The second-order valence-electron chi connectivity index (χ2n) is 9.57. The largest absolute Gasteiger partial charge is 0.413 e. The van der Waals surface area contributed by atoms with E-state index < -0.39 is 13.9 Å². The zero-order chi connectivity index (χ0) is 17.0. The Kier molecular flexibility index (Phi) is 4.27. The minimum atomic E-state index is -1.83. The first-order valence-corrected chi connectivity index (χ1v) is 11.5. The molecule has 1 saturated carbocycles. The van der Waals surface area contributed by atoms with Crippen LogP contribution in [-0.4, -0.2) is 31.7 Å². The van der Waals surface area contributed by atoms with Gasteiger partial charge in [0.05, 0.1) is 11.7 Å². The first-order valence-electron chi connectivity index (χ1n) is 8.59. The van der Waals surface area contributed by atoms with E-state index in [4.69, 9.17) is 10.2 Å². The van der Waals surface area contributed by atoms with Crippen molar-refractivity contribution in [1.82, 2.24) is 0 Å². The van der Waals surface area contributed by atoms with Gasteiger partial charge >= 0.3 is 0 Å². The molecule has 0 saturated heterocycles. The van der Waals surface area contributed by atoms with E-state index in [0.29, 0.717) is 13.0 Å². The zero-order valence-electron chi connectivity index (χ0n) is 15.5. The highest BCUT2D eigenvalue weighted by Gasteiger charge is 2.57. The molecule has 3 rings (SSSR count). The van der Waals surface area contributed by atoms with Crippen molar-refractivity contribution < 1.29 is 9.53 Å².